The molecule has 0 aliphatic heterocycles. The molecule has 3 nitrogen and oxygen atoms in total. The lowest BCUT2D eigenvalue weighted by Gasteiger charge is -2.28. The van der Waals surface area contributed by atoms with Gasteiger partial charge in [-0.1, -0.05) is 20.3 Å². The first-order chi connectivity index (χ1) is 9.98. The molecule has 4 heteroatoms. The molecule has 0 aromatic rings. The van der Waals surface area contributed by atoms with Crippen molar-refractivity contribution in [2.45, 2.75) is 77.8 Å². The van der Waals surface area contributed by atoms with Crippen molar-refractivity contribution in [1.29, 1.82) is 0 Å². The molecule has 0 heterocycles. The van der Waals surface area contributed by atoms with E-state index in [-0.39, 0.29) is 5.97 Å². The van der Waals surface area contributed by atoms with E-state index in [1.165, 1.54) is 37.2 Å². The van der Waals surface area contributed by atoms with E-state index < -0.39 is 5.54 Å². The van der Waals surface area contributed by atoms with E-state index in [0.717, 1.165) is 18.8 Å². The predicted octanol–water partition coefficient (Wildman–Crippen LogP) is 4.01. The summed E-state index contributed by atoms with van der Waals surface area (Å²) < 4.78 is 5.25. The van der Waals surface area contributed by atoms with Gasteiger partial charge in [0, 0.05) is 6.04 Å². The van der Waals surface area contributed by atoms with Gasteiger partial charge in [-0.25, -0.2) is 0 Å². The van der Waals surface area contributed by atoms with Crippen LogP contribution >= 0.6 is 11.8 Å². The number of ether oxygens (including phenoxy) is 1. The third-order valence-electron chi connectivity index (χ3n) is 3.88. The van der Waals surface area contributed by atoms with Crippen molar-refractivity contribution in [3.8, 4) is 0 Å². The first kappa shape index (κ1) is 18.8. The van der Waals surface area contributed by atoms with Crippen LogP contribution in [0.5, 0.6) is 0 Å². The molecule has 1 rings (SSSR count). The molecular weight excluding hydrogens is 282 g/mol. The summed E-state index contributed by atoms with van der Waals surface area (Å²) >= 11 is 2.04. The van der Waals surface area contributed by atoms with Crippen LogP contribution in [-0.2, 0) is 9.53 Å². The molecule has 0 amide bonds. The summed E-state index contributed by atoms with van der Waals surface area (Å²) in [6.45, 7) is 8.89. The second-order valence-corrected chi connectivity index (χ2v) is 7.95. The van der Waals surface area contributed by atoms with Gasteiger partial charge < -0.3 is 4.74 Å². The maximum atomic E-state index is 12.2. The fraction of sp³-hybridized carbons (Fsp3) is 0.941. The monoisotopic (exact) mass is 315 g/mol. The third-order valence-corrected chi connectivity index (χ3v) is 4.98. The minimum Gasteiger partial charge on any atom is -0.465 e. The Hall–Kier alpha value is -0.220. The van der Waals surface area contributed by atoms with E-state index in [2.05, 4.69) is 19.2 Å². The van der Waals surface area contributed by atoms with Crippen molar-refractivity contribution in [3.05, 3.63) is 0 Å². The minimum absolute atomic E-state index is 0.0793. The lowest BCUT2D eigenvalue weighted by molar-refractivity contribution is -0.151. The summed E-state index contributed by atoms with van der Waals surface area (Å²) in [6.07, 6.45) is 6.84. The number of unbranched alkanes of at least 4 members (excludes halogenated alkanes) is 1. The van der Waals surface area contributed by atoms with Gasteiger partial charge in [-0.05, 0) is 63.4 Å². The van der Waals surface area contributed by atoms with E-state index in [1.807, 2.05) is 25.6 Å². The molecule has 1 saturated carbocycles. The summed E-state index contributed by atoms with van der Waals surface area (Å²) in [5.41, 5.74) is -0.486. The molecular formula is C17H33NO2S. The number of rotatable bonds is 12. The molecule has 0 radical (unpaired) electrons. The number of nitrogens with one attached hydrogen (secondary N) is 1. The topological polar surface area (TPSA) is 38.3 Å². The summed E-state index contributed by atoms with van der Waals surface area (Å²) in [6, 6.07) is 0.528. The van der Waals surface area contributed by atoms with E-state index in [1.54, 1.807) is 0 Å². The first-order valence-electron chi connectivity index (χ1n) is 8.50. The minimum atomic E-state index is -0.486. The maximum Gasteiger partial charge on any atom is 0.326 e. The average molecular weight is 316 g/mol. The van der Waals surface area contributed by atoms with Gasteiger partial charge in [0.25, 0.3) is 0 Å². The summed E-state index contributed by atoms with van der Waals surface area (Å²) in [7, 11) is 0. The molecule has 1 aliphatic carbocycles. The lowest BCUT2D eigenvalue weighted by Crippen LogP contribution is -2.51. The predicted molar refractivity (Wildman–Crippen MR) is 91.8 cm³/mol. The Kier molecular flexibility index (Phi) is 8.72. The van der Waals surface area contributed by atoms with Gasteiger partial charge in [0.1, 0.15) is 5.54 Å². The second-order valence-electron chi connectivity index (χ2n) is 6.72. The van der Waals surface area contributed by atoms with Gasteiger partial charge in [0.05, 0.1) is 6.61 Å². The van der Waals surface area contributed by atoms with Gasteiger partial charge in [-0.15, -0.1) is 0 Å². The Bertz CT molecular complexity index is 305. The lowest BCUT2D eigenvalue weighted by atomic mass is 9.94. The van der Waals surface area contributed by atoms with Crippen LogP contribution in [0, 0.1) is 5.92 Å². The number of esters is 1. The zero-order chi connectivity index (χ0) is 15.7. The van der Waals surface area contributed by atoms with Crippen molar-refractivity contribution in [3.63, 3.8) is 0 Å². The van der Waals surface area contributed by atoms with Crippen molar-refractivity contribution in [2.24, 2.45) is 5.92 Å². The van der Waals surface area contributed by atoms with Crippen LogP contribution in [0.1, 0.15) is 66.2 Å². The van der Waals surface area contributed by atoms with Crippen LogP contribution < -0.4 is 5.32 Å². The highest BCUT2D eigenvalue weighted by atomic mass is 32.2. The van der Waals surface area contributed by atoms with Crippen molar-refractivity contribution in [2.75, 3.05) is 18.1 Å². The number of carbonyl (C=O) groups is 1. The largest absolute Gasteiger partial charge is 0.465 e. The van der Waals surface area contributed by atoms with Gasteiger partial charge in [-0.2, -0.15) is 11.8 Å². The molecule has 0 aromatic carbocycles. The van der Waals surface area contributed by atoms with Gasteiger partial charge in [-0.3, -0.25) is 10.1 Å². The van der Waals surface area contributed by atoms with Crippen LogP contribution in [0.15, 0.2) is 0 Å². The summed E-state index contributed by atoms with van der Waals surface area (Å²) in [5, 5.41) is 3.49. The molecule has 1 N–H and O–H groups in total. The Labute approximate surface area is 135 Å². The SMILES string of the molecule is CCOC(=O)C(C)(CCCCSCCC(C)C)NC1CC1. The molecule has 1 unspecified atom stereocenters. The van der Waals surface area contributed by atoms with Crippen LogP contribution in [0.3, 0.4) is 0 Å². The normalized spacial score (nSPS) is 17.8. The second kappa shape index (κ2) is 9.73. The molecule has 0 saturated heterocycles. The Morgan fingerprint density at radius 3 is 2.62 bits per heavy atom. The van der Waals surface area contributed by atoms with Gasteiger partial charge in [0.2, 0.25) is 0 Å². The molecule has 0 bridgehead atoms. The average Bonchev–Trinajstić information content (AvgIpc) is 3.21. The van der Waals surface area contributed by atoms with E-state index in [0.29, 0.717) is 12.6 Å². The molecule has 124 valence electrons. The number of hydrogen-bond donors (Lipinski definition) is 1. The van der Waals surface area contributed by atoms with E-state index in [4.69, 9.17) is 4.74 Å². The smallest absolute Gasteiger partial charge is 0.326 e. The van der Waals surface area contributed by atoms with Crippen LogP contribution in [0.2, 0.25) is 0 Å². The molecule has 1 fully saturated rings. The Morgan fingerprint density at radius 2 is 2.05 bits per heavy atom. The molecule has 0 aromatic heterocycles. The van der Waals surface area contributed by atoms with Crippen LogP contribution in [-0.4, -0.2) is 35.7 Å². The van der Waals surface area contributed by atoms with E-state index >= 15 is 0 Å². The number of thioether (sulfide) groups is 1. The Balaban J connectivity index is 2.21. The zero-order valence-corrected chi connectivity index (χ0v) is 15.1. The summed E-state index contributed by atoms with van der Waals surface area (Å²) in [5.74, 6) is 3.18. The number of carbonyl (C=O) groups excluding carboxylic acids is 1. The van der Waals surface area contributed by atoms with E-state index in [9.17, 15) is 4.79 Å². The molecule has 0 spiro atoms. The standard InChI is InChI=1S/C17H33NO2S/c1-5-20-16(19)17(4,18-15-8-9-15)11-6-7-12-21-13-10-14(2)3/h14-15,18H,5-13H2,1-4H3. The van der Waals surface area contributed by atoms with Crippen molar-refractivity contribution in [1.82, 2.24) is 5.32 Å². The summed E-state index contributed by atoms with van der Waals surface area (Å²) in [4.78, 5) is 12.2. The van der Waals surface area contributed by atoms with Crippen molar-refractivity contribution < 1.29 is 9.53 Å². The molecule has 21 heavy (non-hydrogen) atoms. The molecule has 1 atom stereocenters. The number of hydrogen-bond acceptors (Lipinski definition) is 4. The molecule has 1 aliphatic rings. The quantitative estimate of drug-likeness (QED) is 0.436. The highest BCUT2D eigenvalue weighted by Gasteiger charge is 2.38. The van der Waals surface area contributed by atoms with Gasteiger partial charge in [0.15, 0.2) is 0 Å². The van der Waals surface area contributed by atoms with Crippen molar-refractivity contribution >= 4 is 17.7 Å². The maximum absolute atomic E-state index is 12.2. The highest BCUT2D eigenvalue weighted by molar-refractivity contribution is 7.99. The fourth-order valence-corrected chi connectivity index (χ4v) is 3.56. The Morgan fingerprint density at radius 1 is 1.33 bits per heavy atom. The fourth-order valence-electron chi connectivity index (χ4n) is 2.31. The van der Waals surface area contributed by atoms with Crippen LogP contribution in [0.4, 0.5) is 0 Å². The third kappa shape index (κ3) is 8.10. The first-order valence-corrected chi connectivity index (χ1v) is 9.66. The highest BCUT2D eigenvalue weighted by Crippen LogP contribution is 2.26. The van der Waals surface area contributed by atoms with Gasteiger partial charge >= 0.3 is 5.97 Å². The van der Waals surface area contributed by atoms with Crippen LogP contribution in [0.25, 0.3) is 0 Å². The zero-order valence-electron chi connectivity index (χ0n) is 14.2.